The molecule has 3 heterocycles. The van der Waals surface area contributed by atoms with Crippen LogP contribution in [0.1, 0.15) is 39.0 Å². The van der Waals surface area contributed by atoms with E-state index in [1.165, 1.54) is 16.0 Å². The van der Waals surface area contributed by atoms with Gasteiger partial charge in [-0.3, -0.25) is 14.7 Å². The number of nitrogens with two attached hydrogens (primary N) is 1. The van der Waals surface area contributed by atoms with Crippen LogP contribution >= 0.6 is 36.2 Å². The third-order valence-electron chi connectivity index (χ3n) is 4.38. The van der Waals surface area contributed by atoms with Gasteiger partial charge >= 0.3 is 0 Å². The molecule has 5 nitrogen and oxygen atoms in total. The number of halogens is 2. The maximum Gasteiger partial charge on any atom is 0.252 e. The largest absolute Gasteiger partial charge is 0.351 e. The van der Waals surface area contributed by atoms with Crippen molar-refractivity contribution in [2.75, 3.05) is 19.6 Å². The van der Waals surface area contributed by atoms with Crippen molar-refractivity contribution in [3.8, 4) is 0 Å². The summed E-state index contributed by atoms with van der Waals surface area (Å²) in [5, 5.41) is 4.85. The molecule has 1 aliphatic heterocycles. The van der Waals surface area contributed by atoms with E-state index in [0.29, 0.717) is 13.1 Å². The van der Waals surface area contributed by atoms with Gasteiger partial charge in [0.05, 0.1) is 11.3 Å². The van der Waals surface area contributed by atoms with Crippen LogP contribution in [0.3, 0.4) is 0 Å². The van der Waals surface area contributed by atoms with Gasteiger partial charge in [0, 0.05) is 49.2 Å². The fourth-order valence-corrected chi connectivity index (χ4v) is 4.10. The van der Waals surface area contributed by atoms with Gasteiger partial charge in [0.15, 0.2) is 0 Å². The molecule has 0 aliphatic carbocycles. The summed E-state index contributed by atoms with van der Waals surface area (Å²) in [5.41, 5.74) is 9.86. The Labute approximate surface area is 171 Å². The summed E-state index contributed by atoms with van der Waals surface area (Å²) in [6.07, 6.45) is 3.90. The molecular formula is C18H26Cl2N4OS. The number of nitrogens with one attached hydrogen (secondary N) is 1. The van der Waals surface area contributed by atoms with Crippen LogP contribution in [0.25, 0.3) is 0 Å². The zero-order valence-electron chi connectivity index (χ0n) is 14.9. The Morgan fingerprint density at radius 1 is 1.38 bits per heavy atom. The van der Waals surface area contributed by atoms with Crippen LogP contribution < -0.4 is 11.1 Å². The lowest BCUT2D eigenvalue weighted by atomic mass is 10.0. The van der Waals surface area contributed by atoms with Crippen molar-refractivity contribution < 1.29 is 4.79 Å². The maximum absolute atomic E-state index is 12.2. The first kappa shape index (κ1) is 22.9. The quantitative estimate of drug-likeness (QED) is 0.758. The molecule has 26 heavy (non-hydrogen) atoms. The normalized spacial score (nSPS) is 13.3. The zero-order chi connectivity index (χ0) is 16.9. The molecule has 8 heteroatoms. The predicted molar refractivity (Wildman–Crippen MR) is 112 cm³/mol. The van der Waals surface area contributed by atoms with Crippen molar-refractivity contribution in [1.29, 1.82) is 0 Å². The molecule has 0 atom stereocenters. The third-order valence-corrected chi connectivity index (χ3v) is 5.39. The molecule has 3 N–H and O–H groups in total. The molecule has 1 aliphatic rings. The van der Waals surface area contributed by atoms with E-state index in [9.17, 15) is 4.79 Å². The number of fused-ring (bicyclic) bond motifs is 1. The molecule has 0 spiro atoms. The van der Waals surface area contributed by atoms with Crippen LogP contribution in [0.4, 0.5) is 0 Å². The number of carbonyl (C=O) groups is 1. The molecule has 2 aromatic heterocycles. The summed E-state index contributed by atoms with van der Waals surface area (Å²) in [7, 11) is 0. The second-order valence-corrected chi connectivity index (χ2v) is 7.03. The average molecular weight is 417 g/mol. The Bertz CT molecular complexity index is 706. The van der Waals surface area contributed by atoms with Gasteiger partial charge in [-0.1, -0.05) is 13.0 Å². The molecule has 0 fully saturated rings. The van der Waals surface area contributed by atoms with Crippen LogP contribution in [-0.2, 0) is 25.9 Å². The Morgan fingerprint density at radius 3 is 2.85 bits per heavy atom. The van der Waals surface area contributed by atoms with Crippen molar-refractivity contribution in [1.82, 2.24) is 15.2 Å². The monoisotopic (exact) mass is 416 g/mol. The number of thiophene rings is 1. The van der Waals surface area contributed by atoms with E-state index in [1.54, 1.807) is 11.3 Å². The minimum atomic E-state index is 0. The summed E-state index contributed by atoms with van der Waals surface area (Å²) < 4.78 is 0. The minimum absolute atomic E-state index is 0. The second-order valence-electron chi connectivity index (χ2n) is 6.07. The summed E-state index contributed by atoms with van der Waals surface area (Å²) in [4.78, 5) is 20.4. The fourth-order valence-electron chi connectivity index (χ4n) is 2.97. The standard InChI is InChI=1S/C18H24N4OS.2ClH/c1-2-13-3-4-14(21-9-13)10-22-8-5-15-16(12-24-17(15)11-22)18(23)20-7-6-19;;/h3-4,9,12H,2,5-8,10-11,19H2,1H3,(H,20,23);2*1H. The highest BCUT2D eigenvalue weighted by Crippen LogP contribution is 2.29. The first-order chi connectivity index (χ1) is 11.7. The number of nitrogens with zero attached hydrogens (tertiary/aromatic N) is 2. The number of hydrogen-bond donors (Lipinski definition) is 2. The van der Waals surface area contributed by atoms with E-state index >= 15 is 0 Å². The fraction of sp³-hybridized carbons (Fsp3) is 0.444. The van der Waals surface area contributed by atoms with Crippen molar-refractivity contribution >= 4 is 42.1 Å². The van der Waals surface area contributed by atoms with Gasteiger partial charge in [-0.25, -0.2) is 0 Å². The molecule has 144 valence electrons. The molecule has 0 unspecified atom stereocenters. The third kappa shape index (κ3) is 5.41. The van der Waals surface area contributed by atoms with E-state index in [-0.39, 0.29) is 30.7 Å². The SMILES string of the molecule is CCc1ccc(CN2CCc3c(C(=O)NCCN)csc3C2)nc1.Cl.Cl. The molecule has 1 amide bonds. The van der Waals surface area contributed by atoms with Crippen molar-refractivity contribution in [3.63, 3.8) is 0 Å². The van der Waals surface area contributed by atoms with Gasteiger partial charge < -0.3 is 11.1 Å². The summed E-state index contributed by atoms with van der Waals surface area (Å²) in [6.45, 7) is 5.83. The van der Waals surface area contributed by atoms with Crippen molar-refractivity contribution in [3.05, 3.63) is 51.0 Å². The molecule has 3 rings (SSSR count). The lowest BCUT2D eigenvalue weighted by Crippen LogP contribution is -2.32. The number of aromatic nitrogens is 1. The van der Waals surface area contributed by atoms with Crippen LogP contribution in [-0.4, -0.2) is 35.4 Å². The highest BCUT2D eigenvalue weighted by molar-refractivity contribution is 7.10. The number of pyridine rings is 1. The zero-order valence-corrected chi connectivity index (χ0v) is 17.3. The Kier molecular flexibility index (Phi) is 9.54. The van der Waals surface area contributed by atoms with E-state index in [2.05, 4.69) is 34.3 Å². The molecule has 0 radical (unpaired) electrons. The minimum Gasteiger partial charge on any atom is -0.351 e. The number of amides is 1. The summed E-state index contributed by atoms with van der Waals surface area (Å²) in [6, 6.07) is 4.28. The summed E-state index contributed by atoms with van der Waals surface area (Å²) in [5.74, 6) is 0.00298. The van der Waals surface area contributed by atoms with Gasteiger partial charge in [0.1, 0.15) is 0 Å². The Morgan fingerprint density at radius 2 is 2.19 bits per heavy atom. The molecule has 2 aromatic rings. The topological polar surface area (TPSA) is 71.2 Å². The highest BCUT2D eigenvalue weighted by atomic mass is 35.5. The number of carbonyl (C=O) groups excluding carboxylic acids is 1. The first-order valence-corrected chi connectivity index (χ1v) is 9.33. The van der Waals surface area contributed by atoms with Crippen LogP contribution in [0.5, 0.6) is 0 Å². The van der Waals surface area contributed by atoms with Gasteiger partial charge in [-0.2, -0.15) is 0 Å². The Balaban J connectivity index is 0.00000169. The maximum atomic E-state index is 12.2. The number of aryl methyl sites for hydroxylation is 1. The smallest absolute Gasteiger partial charge is 0.252 e. The highest BCUT2D eigenvalue weighted by Gasteiger charge is 2.23. The summed E-state index contributed by atoms with van der Waals surface area (Å²) >= 11 is 1.68. The van der Waals surface area contributed by atoms with Crippen molar-refractivity contribution in [2.24, 2.45) is 5.73 Å². The van der Waals surface area contributed by atoms with Crippen molar-refractivity contribution in [2.45, 2.75) is 32.9 Å². The van der Waals surface area contributed by atoms with Gasteiger partial charge in [-0.15, -0.1) is 36.2 Å². The van der Waals surface area contributed by atoms with E-state index < -0.39 is 0 Å². The van der Waals surface area contributed by atoms with E-state index in [0.717, 1.165) is 43.7 Å². The van der Waals surface area contributed by atoms with Gasteiger partial charge in [0.25, 0.3) is 5.91 Å². The van der Waals surface area contributed by atoms with E-state index in [1.807, 2.05) is 11.6 Å². The predicted octanol–water partition coefficient (Wildman–Crippen LogP) is 2.80. The van der Waals surface area contributed by atoms with Gasteiger partial charge in [0.2, 0.25) is 0 Å². The lowest BCUT2D eigenvalue weighted by Gasteiger charge is -2.26. The Hall–Kier alpha value is -1.18. The molecule has 0 saturated heterocycles. The van der Waals surface area contributed by atoms with Crippen LogP contribution in [0.2, 0.25) is 0 Å². The first-order valence-electron chi connectivity index (χ1n) is 8.45. The number of hydrogen-bond acceptors (Lipinski definition) is 5. The lowest BCUT2D eigenvalue weighted by molar-refractivity contribution is 0.0953. The molecule has 0 bridgehead atoms. The molecule has 0 aromatic carbocycles. The van der Waals surface area contributed by atoms with Gasteiger partial charge in [-0.05, 0) is 30.0 Å². The van der Waals surface area contributed by atoms with Crippen LogP contribution in [0, 0.1) is 0 Å². The molecular weight excluding hydrogens is 391 g/mol. The number of rotatable bonds is 6. The second kappa shape index (κ2) is 10.8. The average Bonchev–Trinajstić information content (AvgIpc) is 3.03. The van der Waals surface area contributed by atoms with E-state index in [4.69, 9.17) is 5.73 Å². The molecule has 0 saturated carbocycles. The van der Waals surface area contributed by atoms with Crippen LogP contribution in [0.15, 0.2) is 23.7 Å².